The first-order valence-corrected chi connectivity index (χ1v) is 6.03. The highest BCUT2D eigenvalue weighted by Gasteiger charge is 2.35. The number of urea groups is 1. The van der Waals surface area contributed by atoms with E-state index in [1.807, 2.05) is 6.92 Å². The van der Waals surface area contributed by atoms with Gasteiger partial charge in [-0.1, -0.05) is 13.3 Å². The number of nitrogens with one attached hydrogen (secondary N) is 1. The van der Waals surface area contributed by atoms with Crippen molar-refractivity contribution in [3.63, 3.8) is 0 Å². The molecule has 1 fully saturated rings. The molecule has 0 aromatic rings. The number of halogens is 3. The topological polar surface area (TPSA) is 69.6 Å². The molecule has 1 rings (SSSR count). The second-order valence-electron chi connectivity index (χ2n) is 4.83. The van der Waals surface area contributed by atoms with Crippen molar-refractivity contribution in [3.8, 4) is 0 Å². The zero-order valence-electron chi connectivity index (χ0n) is 10.5. The summed E-state index contributed by atoms with van der Waals surface area (Å²) in [6.07, 6.45) is -2.10. The molecule has 2 amide bonds. The number of carbonyl (C=O) groups is 2. The maximum atomic E-state index is 12.3. The first-order chi connectivity index (χ1) is 8.69. The molecule has 1 saturated carbocycles. The van der Waals surface area contributed by atoms with E-state index < -0.39 is 31.3 Å². The Bertz CT molecular complexity index is 347. The number of nitrogens with zero attached hydrogens (tertiary/aromatic N) is 1. The van der Waals surface area contributed by atoms with Gasteiger partial charge in [0.2, 0.25) is 0 Å². The number of hydrogen-bond donors (Lipinski definition) is 2. The van der Waals surface area contributed by atoms with E-state index in [4.69, 9.17) is 5.11 Å². The van der Waals surface area contributed by atoms with E-state index in [2.05, 4.69) is 5.32 Å². The van der Waals surface area contributed by atoms with Crippen LogP contribution in [0.2, 0.25) is 0 Å². The zero-order chi connectivity index (χ0) is 14.6. The Hall–Kier alpha value is -1.47. The lowest BCUT2D eigenvalue weighted by Gasteiger charge is -2.26. The quantitative estimate of drug-likeness (QED) is 0.826. The molecule has 0 radical (unpaired) electrons. The molecule has 0 aromatic carbocycles. The van der Waals surface area contributed by atoms with Crippen LogP contribution >= 0.6 is 0 Å². The van der Waals surface area contributed by atoms with Gasteiger partial charge in [0, 0.05) is 6.04 Å². The number of aliphatic carboxylic acids is 1. The molecular formula is C11H17F3N2O3. The van der Waals surface area contributed by atoms with Gasteiger partial charge in [0.05, 0.1) is 0 Å². The van der Waals surface area contributed by atoms with Crippen molar-refractivity contribution in [3.05, 3.63) is 0 Å². The molecule has 8 heteroatoms. The Morgan fingerprint density at radius 1 is 1.37 bits per heavy atom. The lowest BCUT2D eigenvalue weighted by molar-refractivity contribution is -0.149. The smallest absolute Gasteiger partial charge is 0.406 e. The molecule has 2 unspecified atom stereocenters. The van der Waals surface area contributed by atoms with Gasteiger partial charge >= 0.3 is 18.2 Å². The van der Waals surface area contributed by atoms with Gasteiger partial charge in [0.15, 0.2) is 0 Å². The van der Waals surface area contributed by atoms with E-state index in [9.17, 15) is 22.8 Å². The van der Waals surface area contributed by atoms with Crippen LogP contribution in [0.1, 0.15) is 26.2 Å². The highest BCUT2D eigenvalue weighted by molar-refractivity contribution is 5.80. The maximum absolute atomic E-state index is 12.3. The molecule has 110 valence electrons. The summed E-state index contributed by atoms with van der Waals surface area (Å²) in [5.41, 5.74) is 0. The Morgan fingerprint density at radius 2 is 2.00 bits per heavy atom. The van der Waals surface area contributed by atoms with Crippen LogP contribution in [-0.2, 0) is 4.79 Å². The minimum Gasteiger partial charge on any atom is -0.480 e. The van der Waals surface area contributed by atoms with Crippen molar-refractivity contribution in [1.82, 2.24) is 10.2 Å². The standard InChI is InChI=1S/C11H17F3N2O3/c1-7-3-2-4-8(7)15-10(19)16(5-9(17)18)6-11(12,13)14/h7-8H,2-6H2,1H3,(H,15,19)(H,17,18). The number of alkyl halides is 3. The molecule has 1 aliphatic rings. The van der Waals surface area contributed by atoms with Crippen molar-refractivity contribution in [2.75, 3.05) is 13.1 Å². The van der Waals surface area contributed by atoms with E-state index in [-0.39, 0.29) is 16.9 Å². The Labute approximate surface area is 108 Å². The Balaban J connectivity index is 2.62. The minimum atomic E-state index is -4.62. The summed E-state index contributed by atoms with van der Waals surface area (Å²) in [6, 6.07) is -1.16. The van der Waals surface area contributed by atoms with Crippen molar-refractivity contribution in [1.29, 1.82) is 0 Å². The van der Waals surface area contributed by atoms with Gasteiger partial charge in [-0.15, -0.1) is 0 Å². The highest BCUT2D eigenvalue weighted by atomic mass is 19.4. The van der Waals surface area contributed by atoms with Crippen LogP contribution in [0.15, 0.2) is 0 Å². The highest BCUT2D eigenvalue weighted by Crippen LogP contribution is 2.25. The molecule has 0 saturated heterocycles. The zero-order valence-corrected chi connectivity index (χ0v) is 10.5. The van der Waals surface area contributed by atoms with Crippen LogP contribution in [0.25, 0.3) is 0 Å². The molecule has 0 heterocycles. The molecule has 0 bridgehead atoms. The second kappa shape index (κ2) is 6.12. The van der Waals surface area contributed by atoms with Gasteiger partial charge in [-0.2, -0.15) is 13.2 Å². The molecule has 0 spiro atoms. The van der Waals surface area contributed by atoms with E-state index in [1.165, 1.54) is 0 Å². The van der Waals surface area contributed by atoms with Crippen LogP contribution in [0.4, 0.5) is 18.0 Å². The summed E-state index contributed by atoms with van der Waals surface area (Å²) in [5, 5.41) is 11.0. The fourth-order valence-electron chi connectivity index (χ4n) is 2.19. The normalized spacial score (nSPS) is 23.2. The van der Waals surface area contributed by atoms with Gasteiger partial charge in [-0.05, 0) is 18.8 Å². The molecular weight excluding hydrogens is 265 g/mol. The minimum absolute atomic E-state index is 0.183. The van der Waals surface area contributed by atoms with Gasteiger partial charge in [-0.25, -0.2) is 4.79 Å². The number of carboxylic acids is 1. The molecule has 19 heavy (non-hydrogen) atoms. The van der Waals surface area contributed by atoms with Gasteiger partial charge < -0.3 is 15.3 Å². The average molecular weight is 282 g/mol. The van der Waals surface area contributed by atoms with Crippen LogP contribution in [0.5, 0.6) is 0 Å². The van der Waals surface area contributed by atoms with Gasteiger partial charge in [-0.3, -0.25) is 4.79 Å². The van der Waals surface area contributed by atoms with Gasteiger partial charge in [0.25, 0.3) is 0 Å². The Morgan fingerprint density at radius 3 is 2.42 bits per heavy atom. The van der Waals surface area contributed by atoms with Crippen molar-refractivity contribution < 1.29 is 27.9 Å². The van der Waals surface area contributed by atoms with Crippen LogP contribution in [-0.4, -0.2) is 47.3 Å². The van der Waals surface area contributed by atoms with Gasteiger partial charge in [0.1, 0.15) is 13.1 Å². The van der Waals surface area contributed by atoms with E-state index in [1.54, 1.807) is 0 Å². The molecule has 2 atom stereocenters. The van der Waals surface area contributed by atoms with Crippen LogP contribution < -0.4 is 5.32 Å². The summed E-state index contributed by atoms with van der Waals surface area (Å²) in [5.74, 6) is -1.28. The predicted molar refractivity (Wildman–Crippen MR) is 60.6 cm³/mol. The summed E-state index contributed by atoms with van der Waals surface area (Å²) < 4.78 is 36.9. The largest absolute Gasteiger partial charge is 0.480 e. The number of amides is 2. The molecule has 0 aromatic heterocycles. The SMILES string of the molecule is CC1CCCC1NC(=O)N(CC(=O)O)CC(F)(F)F. The second-order valence-corrected chi connectivity index (χ2v) is 4.83. The van der Waals surface area contributed by atoms with Crippen LogP contribution in [0, 0.1) is 5.92 Å². The summed E-state index contributed by atoms with van der Waals surface area (Å²) in [4.78, 5) is 22.5. The van der Waals surface area contributed by atoms with Crippen LogP contribution in [0.3, 0.4) is 0 Å². The fourth-order valence-corrected chi connectivity index (χ4v) is 2.19. The maximum Gasteiger partial charge on any atom is 0.406 e. The number of rotatable bonds is 4. The third-order valence-corrected chi connectivity index (χ3v) is 3.15. The van der Waals surface area contributed by atoms with E-state index in [0.29, 0.717) is 6.42 Å². The first kappa shape index (κ1) is 15.6. The fraction of sp³-hybridized carbons (Fsp3) is 0.818. The molecule has 0 aliphatic heterocycles. The lowest BCUT2D eigenvalue weighted by Crippen LogP contribution is -2.50. The lowest BCUT2D eigenvalue weighted by atomic mass is 10.1. The van der Waals surface area contributed by atoms with Crippen molar-refractivity contribution in [2.45, 2.75) is 38.4 Å². The third-order valence-electron chi connectivity index (χ3n) is 3.15. The summed E-state index contributed by atoms with van der Waals surface area (Å²) in [7, 11) is 0. The third kappa shape index (κ3) is 5.35. The number of carbonyl (C=O) groups excluding carboxylic acids is 1. The monoisotopic (exact) mass is 282 g/mol. The predicted octanol–water partition coefficient (Wildman–Crippen LogP) is 1.83. The van der Waals surface area contributed by atoms with Crippen molar-refractivity contribution in [2.24, 2.45) is 5.92 Å². The molecule has 2 N–H and O–H groups in total. The molecule has 5 nitrogen and oxygen atoms in total. The summed E-state index contributed by atoms with van der Waals surface area (Å²) >= 11 is 0. The van der Waals surface area contributed by atoms with E-state index >= 15 is 0 Å². The average Bonchev–Trinajstić information content (AvgIpc) is 2.60. The number of hydrogen-bond acceptors (Lipinski definition) is 2. The molecule has 1 aliphatic carbocycles. The summed E-state index contributed by atoms with van der Waals surface area (Å²) in [6.45, 7) is -0.623. The Kier molecular flexibility index (Phi) is 5.02. The number of carboxylic acid groups (broad SMARTS) is 1. The van der Waals surface area contributed by atoms with E-state index in [0.717, 1.165) is 12.8 Å². The van der Waals surface area contributed by atoms with Crippen molar-refractivity contribution >= 4 is 12.0 Å². The first-order valence-electron chi connectivity index (χ1n) is 6.03.